The molecule has 0 aliphatic heterocycles. The van der Waals surface area contributed by atoms with Crippen LogP contribution in [0.2, 0.25) is 5.02 Å². The van der Waals surface area contributed by atoms with Crippen molar-refractivity contribution in [2.75, 3.05) is 30.5 Å². The number of methoxy groups -OCH3 is 1. The summed E-state index contributed by atoms with van der Waals surface area (Å²) in [6.07, 6.45) is 0.421. The minimum absolute atomic E-state index is 0.0625. The third kappa shape index (κ3) is 6.88. The van der Waals surface area contributed by atoms with Gasteiger partial charge in [0.15, 0.2) is 0 Å². The van der Waals surface area contributed by atoms with Gasteiger partial charge >= 0.3 is 0 Å². The quantitative estimate of drug-likeness (QED) is 0.636. The number of benzene rings is 2. The third-order valence-electron chi connectivity index (χ3n) is 3.43. The fraction of sp³-hybridized carbons (Fsp3) is 0.316. The molecular weight excluding hydrogens is 358 g/mol. The number of carbonyl (C=O) groups excluding carboxylic acids is 1. The molecule has 2 aromatic rings. The Kier molecular flexibility index (Phi) is 7.95. The molecule has 0 aromatic heterocycles. The van der Waals surface area contributed by atoms with Gasteiger partial charge in [0.25, 0.3) is 0 Å². The normalized spacial score (nSPS) is 10.4. The topological polar surface area (TPSA) is 47.6 Å². The molecule has 0 spiro atoms. The molecular formula is C19H22ClNO3S. The van der Waals surface area contributed by atoms with E-state index in [1.54, 1.807) is 37.1 Å². The van der Waals surface area contributed by atoms with Crippen molar-refractivity contribution in [3.8, 4) is 11.5 Å². The largest absolute Gasteiger partial charge is 0.495 e. The molecule has 4 nitrogen and oxygen atoms in total. The highest BCUT2D eigenvalue weighted by Crippen LogP contribution is 2.27. The molecule has 6 heteroatoms. The summed E-state index contributed by atoms with van der Waals surface area (Å²) in [5, 5.41) is 3.39. The van der Waals surface area contributed by atoms with Gasteiger partial charge in [-0.15, -0.1) is 0 Å². The maximum absolute atomic E-state index is 12.0. The molecule has 0 radical (unpaired) electrons. The molecule has 1 amide bonds. The van der Waals surface area contributed by atoms with Crippen molar-refractivity contribution in [3.05, 3.63) is 53.1 Å². The fourth-order valence-corrected chi connectivity index (χ4v) is 3.02. The van der Waals surface area contributed by atoms with Crippen LogP contribution in [0.15, 0.2) is 42.5 Å². The van der Waals surface area contributed by atoms with Gasteiger partial charge in [0.05, 0.1) is 19.4 Å². The van der Waals surface area contributed by atoms with E-state index < -0.39 is 0 Å². The highest BCUT2D eigenvalue weighted by atomic mass is 35.5. The van der Waals surface area contributed by atoms with E-state index >= 15 is 0 Å². The predicted molar refractivity (Wildman–Crippen MR) is 105 cm³/mol. The van der Waals surface area contributed by atoms with Gasteiger partial charge in [-0.1, -0.05) is 29.3 Å². The summed E-state index contributed by atoms with van der Waals surface area (Å²) in [5.41, 5.74) is 1.80. The third-order valence-corrected chi connectivity index (χ3v) is 4.61. The molecule has 2 aromatic carbocycles. The Balaban J connectivity index is 1.64. The van der Waals surface area contributed by atoms with Crippen molar-refractivity contribution in [3.63, 3.8) is 0 Å². The first-order valence-electron chi connectivity index (χ1n) is 7.99. The lowest BCUT2D eigenvalue weighted by atomic mass is 10.2. The number of halogens is 1. The molecule has 1 N–H and O–H groups in total. The van der Waals surface area contributed by atoms with Crippen LogP contribution in [-0.4, -0.2) is 31.1 Å². The van der Waals surface area contributed by atoms with Gasteiger partial charge in [-0.3, -0.25) is 4.79 Å². The minimum Gasteiger partial charge on any atom is -0.495 e. The van der Waals surface area contributed by atoms with Gasteiger partial charge in [-0.05, 0) is 37.3 Å². The van der Waals surface area contributed by atoms with Crippen molar-refractivity contribution in [1.29, 1.82) is 0 Å². The maximum atomic E-state index is 12.0. The lowest BCUT2D eigenvalue weighted by molar-refractivity contribution is -0.115. The summed E-state index contributed by atoms with van der Waals surface area (Å²) < 4.78 is 10.9. The number of ether oxygens (including phenoxy) is 2. The second kappa shape index (κ2) is 10.2. The summed E-state index contributed by atoms with van der Waals surface area (Å²) in [5.74, 6) is 2.97. The van der Waals surface area contributed by atoms with E-state index in [0.717, 1.165) is 17.3 Å². The van der Waals surface area contributed by atoms with Crippen LogP contribution in [0, 0.1) is 6.92 Å². The lowest BCUT2D eigenvalue weighted by Gasteiger charge is -2.10. The Morgan fingerprint density at radius 1 is 1.16 bits per heavy atom. The monoisotopic (exact) mass is 379 g/mol. The number of amides is 1. The van der Waals surface area contributed by atoms with Gasteiger partial charge < -0.3 is 14.8 Å². The van der Waals surface area contributed by atoms with Gasteiger partial charge in [0.1, 0.15) is 11.5 Å². The van der Waals surface area contributed by atoms with Crippen molar-refractivity contribution in [1.82, 2.24) is 0 Å². The number of hydrogen-bond donors (Lipinski definition) is 1. The average Bonchev–Trinajstić information content (AvgIpc) is 2.60. The predicted octanol–water partition coefficient (Wildman–Crippen LogP) is 4.80. The van der Waals surface area contributed by atoms with E-state index in [2.05, 4.69) is 5.32 Å². The molecule has 0 aliphatic carbocycles. The molecule has 0 fully saturated rings. The Hall–Kier alpha value is -1.85. The smallest absolute Gasteiger partial charge is 0.225 e. The molecule has 0 saturated heterocycles. The zero-order valence-corrected chi connectivity index (χ0v) is 16.0. The standard InChI is InChI=1S/C19H22ClNO3S/c1-14-3-6-16(7-4-14)24-10-12-25-11-9-19(22)21-17-13-15(20)5-8-18(17)23-2/h3-8,13H,9-12H2,1-2H3,(H,21,22). The Labute approximate surface area is 157 Å². The first-order valence-corrected chi connectivity index (χ1v) is 9.52. The zero-order valence-electron chi connectivity index (χ0n) is 14.4. The van der Waals surface area contributed by atoms with E-state index in [4.69, 9.17) is 21.1 Å². The first-order chi connectivity index (χ1) is 12.1. The van der Waals surface area contributed by atoms with E-state index in [1.165, 1.54) is 5.56 Å². The van der Waals surface area contributed by atoms with E-state index in [9.17, 15) is 4.79 Å². The van der Waals surface area contributed by atoms with Gasteiger partial charge in [-0.2, -0.15) is 11.8 Å². The summed E-state index contributed by atoms with van der Waals surface area (Å²) in [7, 11) is 1.56. The Bertz CT molecular complexity index is 692. The van der Waals surface area contributed by atoms with Crippen LogP contribution >= 0.6 is 23.4 Å². The van der Waals surface area contributed by atoms with Crippen LogP contribution < -0.4 is 14.8 Å². The SMILES string of the molecule is COc1ccc(Cl)cc1NC(=O)CCSCCOc1ccc(C)cc1. The summed E-state index contributed by atoms with van der Waals surface area (Å²) >= 11 is 7.64. The van der Waals surface area contributed by atoms with Crippen LogP contribution in [0.3, 0.4) is 0 Å². The lowest BCUT2D eigenvalue weighted by Crippen LogP contribution is -2.13. The fourth-order valence-electron chi connectivity index (χ4n) is 2.11. The van der Waals surface area contributed by atoms with Gasteiger partial charge in [0, 0.05) is 22.9 Å². The number of rotatable bonds is 9. The van der Waals surface area contributed by atoms with E-state index in [0.29, 0.717) is 29.5 Å². The molecule has 0 saturated carbocycles. The number of nitrogens with one attached hydrogen (secondary N) is 1. The maximum Gasteiger partial charge on any atom is 0.225 e. The molecule has 0 unspecified atom stereocenters. The number of anilines is 1. The highest BCUT2D eigenvalue weighted by Gasteiger charge is 2.08. The second-order valence-electron chi connectivity index (χ2n) is 5.42. The van der Waals surface area contributed by atoms with E-state index in [1.807, 2.05) is 31.2 Å². The van der Waals surface area contributed by atoms with Crippen LogP contribution in [0.4, 0.5) is 5.69 Å². The van der Waals surface area contributed by atoms with Crippen LogP contribution in [-0.2, 0) is 4.79 Å². The number of hydrogen-bond acceptors (Lipinski definition) is 4. The van der Waals surface area contributed by atoms with Crippen molar-refractivity contribution < 1.29 is 14.3 Å². The average molecular weight is 380 g/mol. The highest BCUT2D eigenvalue weighted by molar-refractivity contribution is 7.99. The molecule has 0 bridgehead atoms. The van der Waals surface area contributed by atoms with Crippen molar-refractivity contribution >= 4 is 35.0 Å². The minimum atomic E-state index is -0.0625. The van der Waals surface area contributed by atoms with Gasteiger partial charge in [0.2, 0.25) is 5.91 Å². The van der Waals surface area contributed by atoms with Crippen LogP contribution in [0.5, 0.6) is 11.5 Å². The molecule has 0 aliphatic rings. The van der Waals surface area contributed by atoms with Crippen LogP contribution in [0.25, 0.3) is 0 Å². The molecule has 25 heavy (non-hydrogen) atoms. The summed E-state index contributed by atoms with van der Waals surface area (Å²) in [4.78, 5) is 12.0. The Morgan fingerprint density at radius 2 is 1.92 bits per heavy atom. The zero-order chi connectivity index (χ0) is 18.1. The van der Waals surface area contributed by atoms with Crippen LogP contribution in [0.1, 0.15) is 12.0 Å². The number of carbonyl (C=O) groups is 1. The van der Waals surface area contributed by atoms with Crippen molar-refractivity contribution in [2.24, 2.45) is 0 Å². The Morgan fingerprint density at radius 3 is 2.64 bits per heavy atom. The second-order valence-corrected chi connectivity index (χ2v) is 7.08. The molecule has 0 atom stereocenters. The van der Waals surface area contributed by atoms with Crippen molar-refractivity contribution in [2.45, 2.75) is 13.3 Å². The summed E-state index contributed by atoms with van der Waals surface area (Å²) in [6.45, 7) is 2.67. The van der Waals surface area contributed by atoms with Gasteiger partial charge in [-0.25, -0.2) is 0 Å². The molecule has 0 heterocycles. The number of thioether (sulfide) groups is 1. The van der Waals surface area contributed by atoms with E-state index in [-0.39, 0.29) is 5.91 Å². The number of aryl methyl sites for hydroxylation is 1. The first kappa shape index (κ1) is 19.5. The molecule has 2 rings (SSSR count). The summed E-state index contributed by atoms with van der Waals surface area (Å²) in [6, 6.07) is 13.1. The molecule has 134 valence electrons.